The van der Waals surface area contributed by atoms with E-state index in [-0.39, 0.29) is 24.9 Å². The van der Waals surface area contributed by atoms with Crippen molar-refractivity contribution in [3.05, 3.63) is 66.7 Å². The number of benzene rings is 3. The molecule has 0 aliphatic rings. The number of carbonyl (C=O) groups is 2. The summed E-state index contributed by atoms with van der Waals surface area (Å²) in [7, 11) is 1.56. The Kier molecular flexibility index (Phi) is 7.62. The molecule has 6 heteroatoms. The summed E-state index contributed by atoms with van der Waals surface area (Å²) in [5.41, 5.74) is 1.50. The van der Waals surface area contributed by atoms with Gasteiger partial charge in [-0.15, -0.1) is 0 Å². The Labute approximate surface area is 183 Å². The second-order valence-corrected chi connectivity index (χ2v) is 7.19. The molecule has 0 aliphatic heterocycles. The second-order valence-electron chi connectivity index (χ2n) is 7.19. The smallest absolute Gasteiger partial charge is 0.241 e. The van der Waals surface area contributed by atoms with Crippen LogP contribution in [0.4, 0.5) is 11.4 Å². The van der Waals surface area contributed by atoms with Crippen LogP contribution in [-0.2, 0) is 9.59 Å². The van der Waals surface area contributed by atoms with Crippen molar-refractivity contribution >= 4 is 34.0 Å². The highest BCUT2D eigenvalue weighted by Crippen LogP contribution is 2.27. The molecule has 0 fully saturated rings. The summed E-state index contributed by atoms with van der Waals surface area (Å²) in [4.78, 5) is 29.4. The molecule has 0 aromatic heterocycles. The van der Waals surface area contributed by atoms with Crippen molar-refractivity contribution in [3.63, 3.8) is 0 Å². The molecule has 0 aliphatic carbocycles. The molecule has 0 saturated carbocycles. The Hall–Kier alpha value is -3.38. The van der Waals surface area contributed by atoms with Gasteiger partial charge in [0.1, 0.15) is 5.75 Å². The average Bonchev–Trinajstić information content (AvgIpc) is 2.79. The molecule has 3 aromatic rings. The Morgan fingerprint density at radius 1 is 0.871 bits per heavy atom. The van der Waals surface area contributed by atoms with Gasteiger partial charge in [0, 0.05) is 11.9 Å². The van der Waals surface area contributed by atoms with Crippen LogP contribution in [0.2, 0.25) is 0 Å². The molecule has 1 N–H and O–H groups in total. The highest BCUT2D eigenvalue weighted by atomic mass is 16.5. The highest BCUT2D eigenvalue weighted by molar-refractivity contribution is 6.04. The van der Waals surface area contributed by atoms with E-state index in [1.165, 1.54) is 0 Å². The summed E-state index contributed by atoms with van der Waals surface area (Å²) in [6.07, 6.45) is 0. The fourth-order valence-electron chi connectivity index (χ4n) is 3.62. The Bertz CT molecular complexity index is 1050. The molecule has 0 radical (unpaired) electrons. The molecule has 162 valence electrons. The third kappa shape index (κ3) is 5.41. The quantitative estimate of drug-likeness (QED) is 0.566. The summed E-state index contributed by atoms with van der Waals surface area (Å²) in [5, 5.41) is 5.00. The zero-order valence-electron chi connectivity index (χ0n) is 18.3. The van der Waals surface area contributed by atoms with Crippen LogP contribution in [0.1, 0.15) is 13.8 Å². The number of carbonyl (C=O) groups excluding carboxylic acids is 2. The number of hydrogen-bond acceptors (Lipinski definition) is 4. The summed E-state index contributed by atoms with van der Waals surface area (Å²) >= 11 is 0. The molecular formula is C25H29N3O3. The van der Waals surface area contributed by atoms with Crippen LogP contribution < -0.4 is 15.0 Å². The van der Waals surface area contributed by atoms with Gasteiger partial charge in [0.2, 0.25) is 11.8 Å². The van der Waals surface area contributed by atoms with E-state index in [4.69, 9.17) is 4.74 Å². The molecular weight excluding hydrogens is 390 g/mol. The number of amides is 2. The number of ether oxygens (including phenoxy) is 1. The normalized spacial score (nSPS) is 10.8. The molecule has 2 amide bonds. The summed E-state index contributed by atoms with van der Waals surface area (Å²) in [6.45, 7) is 5.32. The van der Waals surface area contributed by atoms with Gasteiger partial charge in [-0.2, -0.15) is 0 Å². The van der Waals surface area contributed by atoms with Crippen molar-refractivity contribution in [2.75, 3.05) is 43.5 Å². The maximum absolute atomic E-state index is 13.2. The molecule has 0 atom stereocenters. The predicted molar refractivity (Wildman–Crippen MR) is 126 cm³/mol. The third-order valence-electron chi connectivity index (χ3n) is 5.23. The molecule has 0 bridgehead atoms. The fraction of sp³-hybridized carbons (Fsp3) is 0.280. The van der Waals surface area contributed by atoms with Crippen LogP contribution in [0.3, 0.4) is 0 Å². The van der Waals surface area contributed by atoms with E-state index in [1.54, 1.807) is 24.1 Å². The molecule has 0 spiro atoms. The van der Waals surface area contributed by atoms with Gasteiger partial charge in [0.05, 0.1) is 31.6 Å². The van der Waals surface area contributed by atoms with Crippen molar-refractivity contribution in [1.82, 2.24) is 4.90 Å². The maximum atomic E-state index is 13.2. The molecule has 3 rings (SSSR count). The number of hydrogen-bond donors (Lipinski definition) is 1. The van der Waals surface area contributed by atoms with E-state index in [9.17, 15) is 9.59 Å². The standard InChI is InChI=1S/C25H29N3O3/c1-4-27(17-24(29)26-21-14-8-9-16-23(21)31-3)18-25(30)28(5-2)22-15-10-12-19-11-6-7-13-20(19)22/h6-16H,4-5,17-18H2,1-3H3,(H,26,29). The van der Waals surface area contributed by atoms with Crippen LogP contribution in [0.5, 0.6) is 5.75 Å². The topological polar surface area (TPSA) is 61.9 Å². The first-order valence-corrected chi connectivity index (χ1v) is 10.5. The van der Waals surface area contributed by atoms with Crippen molar-refractivity contribution in [1.29, 1.82) is 0 Å². The zero-order valence-corrected chi connectivity index (χ0v) is 18.3. The van der Waals surface area contributed by atoms with E-state index in [0.29, 0.717) is 24.5 Å². The predicted octanol–water partition coefficient (Wildman–Crippen LogP) is 4.16. The van der Waals surface area contributed by atoms with Crippen LogP contribution in [0.15, 0.2) is 66.7 Å². The van der Waals surface area contributed by atoms with Gasteiger partial charge in [0.25, 0.3) is 0 Å². The first-order valence-electron chi connectivity index (χ1n) is 10.5. The molecule has 0 unspecified atom stereocenters. The van der Waals surface area contributed by atoms with Gasteiger partial charge >= 0.3 is 0 Å². The number of likely N-dealkylation sites (N-methyl/N-ethyl adjacent to an activating group) is 2. The van der Waals surface area contributed by atoms with Gasteiger partial charge in [-0.25, -0.2) is 0 Å². The lowest BCUT2D eigenvalue weighted by atomic mass is 10.1. The van der Waals surface area contributed by atoms with Gasteiger partial charge in [0.15, 0.2) is 0 Å². The highest BCUT2D eigenvalue weighted by Gasteiger charge is 2.20. The maximum Gasteiger partial charge on any atom is 0.241 e. The van der Waals surface area contributed by atoms with Crippen molar-refractivity contribution in [2.24, 2.45) is 0 Å². The summed E-state index contributed by atoms with van der Waals surface area (Å²) in [5.74, 6) is 0.376. The first-order chi connectivity index (χ1) is 15.1. The molecule has 3 aromatic carbocycles. The van der Waals surface area contributed by atoms with Crippen LogP contribution in [0.25, 0.3) is 10.8 Å². The third-order valence-corrected chi connectivity index (χ3v) is 5.23. The largest absolute Gasteiger partial charge is 0.495 e. The number of nitrogens with one attached hydrogen (secondary N) is 1. The minimum absolute atomic E-state index is 0.0363. The van der Waals surface area contributed by atoms with Gasteiger partial charge in [-0.1, -0.05) is 55.5 Å². The lowest BCUT2D eigenvalue weighted by Crippen LogP contribution is -2.43. The van der Waals surface area contributed by atoms with E-state index in [1.807, 2.05) is 73.3 Å². The Morgan fingerprint density at radius 3 is 2.32 bits per heavy atom. The molecule has 6 nitrogen and oxygen atoms in total. The van der Waals surface area contributed by atoms with Crippen LogP contribution in [0, 0.1) is 0 Å². The number of nitrogens with zero attached hydrogens (tertiary/aromatic N) is 2. The fourth-order valence-corrected chi connectivity index (χ4v) is 3.62. The second kappa shape index (κ2) is 10.6. The van der Waals surface area contributed by atoms with Crippen molar-refractivity contribution in [3.8, 4) is 5.75 Å². The number of rotatable bonds is 9. The SMILES string of the molecule is CCN(CC(=O)Nc1ccccc1OC)CC(=O)N(CC)c1cccc2ccccc12. The summed E-state index contributed by atoms with van der Waals surface area (Å²) < 4.78 is 5.28. The average molecular weight is 420 g/mol. The van der Waals surface area contributed by atoms with Gasteiger partial charge < -0.3 is 15.0 Å². The minimum atomic E-state index is -0.188. The minimum Gasteiger partial charge on any atom is -0.495 e. The molecule has 31 heavy (non-hydrogen) atoms. The van der Waals surface area contributed by atoms with Crippen molar-refractivity contribution < 1.29 is 14.3 Å². The number of para-hydroxylation sites is 2. The van der Waals surface area contributed by atoms with E-state index >= 15 is 0 Å². The van der Waals surface area contributed by atoms with Gasteiger partial charge in [-0.3, -0.25) is 14.5 Å². The zero-order chi connectivity index (χ0) is 22.2. The number of anilines is 2. The molecule has 0 saturated heterocycles. The number of methoxy groups -OCH3 is 1. The Balaban J connectivity index is 1.70. The molecule has 0 heterocycles. The van der Waals surface area contributed by atoms with Crippen LogP contribution >= 0.6 is 0 Å². The summed E-state index contributed by atoms with van der Waals surface area (Å²) in [6, 6.07) is 21.3. The Morgan fingerprint density at radius 2 is 1.58 bits per heavy atom. The van der Waals surface area contributed by atoms with E-state index in [0.717, 1.165) is 16.5 Å². The lowest BCUT2D eigenvalue weighted by molar-refractivity contribution is -0.121. The van der Waals surface area contributed by atoms with Gasteiger partial charge in [-0.05, 0) is 37.1 Å². The first kappa shape index (κ1) is 22.3. The van der Waals surface area contributed by atoms with E-state index in [2.05, 4.69) is 5.32 Å². The van der Waals surface area contributed by atoms with Crippen LogP contribution in [-0.4, -0.2) is 50.0 Å². The van der Waals surface area contributed by atoms with E-state index < -0.39 is 0 Å². The monoisotopic (exact) mass is 419 g/mol. The van der Waals surface area contributed by atoms with Crippen molar-refractivity contribution in [2.45, 2.75) is 13.8 Å². The number of fused-ring (bicyclic) bond motifs is 1. The lowest BCUT2D eigenvalue weighted by Gasteiger charge is -2.26.